The Morgan fingerprint density at radius 2 is 2.00 bits per heavy atom. The number of hydrogen-bond acceptors (Lipinski definition) is 1. The van der Waals surface area contributed by atoms with Crippen LogP contribution in [0, 0.1) is 11.6 Å². The summed E-state index contributed by atoms with van der Waals surface area (Å²) in [5, 5.41) is -0.212. The zero-order valence-electron chi connectivity index (χ0n) is 7.24. The number of halogens is 4. The lowest BCUT2D eigenvalue weighted by atomic mass is 10.0. The minimum absolute atomic E-state index is 0.131. The maximum absolute atomic E-state index is 13.3. The third-order valence-corrected chi connectivity index (χ3v) is 2.16. The molecule has 1 nitrogen and oxygen atoms in total. The highest BCUT2D eigenvalue weighted by Crippen LogP contribution is 2.26. The van der Waals surface area contributed by atoms with Gasteiger partial charge in [0.1, 0.15) is 11.6 Å². The summed E-state index contributed by atoms with van der Waals surface area (Å²) in [6.07, 6.45) is -0.131. The van der Waals surface area contributed by atoms with Crippen molar-refractivity contribution in [3.8, 4) is 0 Å². The smallest absolute Gasteiger partial charge is 0.149 e. The average molecular weight is 224 g/mol. The van der Waals surface area contributed by atoms with Crippen LogP contribution in [-0.2, 0) is 0 Å². The lowest BCUT2D eigenvalue weighted by Crippen LogP contribution is -2.15. The first-order valence-electron chi connectivity index (χ1n) is 4.03. The van der Waals surface area contributed by atoms with Crippen LogP contribution in [0.5, 0.6) is 0 Å². The van der Waals surface area contributed by atoms with Gasteiger partial charge in [0.05, 0.1) is 11.7 Å². The van der Waals surface area contributed by atoms with Crippen molar-refractivity contribution in [2.45, 2.75) is 12.5 Å². The van der Waals surface area contributed by atoms with Crippen LogP contribution in [-0.4, -0.2) is 6.67 Å². The second-order valence-electron chi connectivity index (χ2n) is 2.84. The van der Waals surface area contributed by atoms with Crippen molar-refractivity contribution >= 4 is 11.6 Å². The minimum atomic E-state index is -1.00. The molecule has 2 N–H and O–H groups in total. The van der Waals surface area contributed by atoms with Crippen LogP contribution >= 0.6 is 11.6 Å². The van der Waals surface area contributed by atoms with E-state index in [0.29, 0.717) is 0 Å². The zero-order chi connectivity index (χ0) is 10.7. The third kappa shape index (κ3) is 2.19. The first-order chi connectivity index (χ1) is 6.57. The van der Waals surface area contributed by atoms with Crippen LogP contribution in [0.2, 0.25) is 5.02 Å². The van der Waals surface area contributed by atoms with E-state index >= 15 is 0 Å². The van der Waals surface area contributed by atoms with E-state index in [9.17, 15) is 13.2 Å². The fraction of sp³-hybridized carbons (Fsp3) is 0.333. The van der Waals surface area contributed by atoms with Gasteiger partial charge in [-0.15, -0.1) is 0 Å². The Balaban J connectivity index is 3.11. The molecular weight excluding hydrogens is 215 g/mol. The lowest BCUT2D eigenvalue weighted by molar-refractivity contribution is 0.425. The van der Waals surface area contributed by atoms with E-state index in [4.69, 9.17) is 17.3 Å². The number of hydrogen-bond donors (Lipinski definition) is 1. The van der Waals surface area contributed by atoms with E-state index in [1.165, 1.54) is 0 Å². The van der Waals surface area contributed by atoms with Crippen LogP contribution in [0.25, 0.3) is 0 Å². The highest BCUT2D eigenvalue weighted by molar-refractivity contribution is 6.30. The van der Waals surface area contributed by atoms with Gasteiger partial charge in [-0.2, -0.15) is 0 Å². The molecule has 0 spiro atoms. The topological polar surface area (TPSA) is 26.0 Å². The molecule has 0 aromatic heterocycles. The van der Waals surface area contributed by atoms with E-state index in [0.717, 1.165) is 12.1 Å². The molecule has 1 atom stereocenters. The van der Waals surface area contributed by atoms with Crippen LogP contribution in [0.1, 0.15) is 18.0 Å². The third-order valence-electron chi connectivity index (χ3n) is 1.87. The van der Waals surface area contributed by atoms with Gasteiger partial charge in [0.2, 0.25) is 0 Å². The summed E-state index contributed by atoms with van der Waals surface area (Å²) in [4.78, 5) is 0. The highest BCUT2D eigenvalue weighted by Gasteiger charge is 2.18. The van der Waals surface area contributed by atoms with Gasteiger partial charge in [-0.25, -0.2) is 8.78 Å². The highest BCUT2D eigenvalue weighted by atomic mass is 35.5. The van der Waals surface area contributed by atoms with Crippen molar-refractivity contribution in [2.24, 2.45) is 5.73 Å². The van der Waals surface area contributed by atoms with Crippen molar-refractivity contribution in [1.82, 2.24) is 0 Å². The first kappa shape index (κ1) is 11.3. The molecule has 1 rings (SSSR count). The normalized spacial score (nSPS) is 12.9. The molecule has 0 amide bonds. The molecule has 1 aromatic rings. The number of benzene rings is 1. The summed E-state index contributed by atoms with van der Waals surface area (Å²) in [6, 6.07) is 1.11. The molecular formula is C9H9ClF3N. The van der Waals surface area contributed by atoms with Gasteiger partial charge < -0.3 is 5.73 Å². The molecule has 0 radical (unpaired) electrons. The molecule has 5 heteroatoms. The molecule has 0 aliphatic rings. The fourth-order valence-corrected chi connectivity index (χ4v) is 1.31. The van der Waals surface area contributed by atoms with Gasteiger partial charge >= 0.3 is 0 Å². The average Bonchev–Trinajstić information content (AvgIpc) is 2.13. The van der Waals surface area contributed by atoms with Gasteiger partial charge in [-0.1, -0.05) is 11.6 Å². The minimum Gasteiger partial charge on any atom is -0.324 e. The Morgan fingerprint density at radius 1 is 1.36 bits per heavy atom. The van der Waals surface area contributed by atoms with Gasteiger partial charge in [0.25, 0.3) is 0 Å². The number of alkyl halides is 1. The molecule has 0 saturated heterocycles. The summed E-state index contributed by atoms with van der Waals surface area (Å²) in [7, 11) is 0. The van der Waals surface area contributed by atoms with Crippen molar-refractivity contribution < 1.29 is 13.2 Å². The number of nitrogens with two attached hydrogens (primary N) is 1. The Labute approximate surface area is 84.7 Å². The van der Waals surface area contributed by atoms with E-state index in [-0.39, 0.29) is 17.0 Å². The zero-order valence-corrected chi connectivity index (χ0v) is 7.99. The van der Waals surface area contributed by atoms with E-state index in [1.807, 2.05) is 0 Å². The summed E-state index contributed by atoms with van der Waals surface area (Å²) in [5.41, 5.74) is 5.05. The monoisotopic (exact) mass is 223 g/mol. The molecule has 0 unspecified atom stereocenters. The Morgan fingerprint density at radius 3 is 2.57 bits per heavy atom. The maximum atomic E-state index is 13.3. The van der Waals surface area contributed by atoms with Crippen molar-refractivity contribution in [1.29, 1.82) is 0 Å². The lowest BCUT2D eigenvalue weighted by Gasteiger charge is -2.12. The summed E-state index contributed by atoms with van der Waals surface area (Å²) < 4.78 is 38.3. The van der Waals surface area contributed by atoms with E-state index < -0.39 is 24.4 Å². The molecule has 0 saturated carbocycles. The van der Waals surface area contributed by atoms with E-state index in [1.54, 1.807) is 0 Å². The van der Waals surface area contributed by atoms with Crippen LogP contribution in [0.3, 0.4) is 0 Å². The molecule has 78 valence electrons. The quantitative estimate of drug-likeness (QED) is 0.784. The van der Waals surface area contributed by atoms with Gasteiger partial charge in [0.15, 0.2) is 0 Å². The van der Waals surface area contributed by atoms with Crippen LogP contribution in [0.15, 0.2) is 12.1 Å². The Bertz CT molecular complexity index is 330. The molecule has 1 aromatic carbocycles. The Kier molecular flexibility index (Phi) is 3.77. The molecule has 0 heterocycles. The predicted molar refractivity (Wildman–Crippen MR) is 48.9 cm³/mol. The maximum Gasteiger partial charge on any atom is 0.149 e. The fourth-order valence-electron chi connectivity index (χ4n) is 1.14. The molecule has 0 aliphatic heterocycles. The largest absolute Gasteiger partial charge is 0.324 e. The van der Waals surface area contributed by atoms with Crippen LogP contribution < -0.4 is 5.73 Å². The molecule has 0 bridgehead atoms. The molecule has 14 heavy (non-hydrogen) atoms. The molecule has 0 fully saturated rings. The second kappa shape index (κ2) is 4.66. The van der Waals surface area contributed by atoms with Crippen LogP contribution in [0.4, 0.5) is 13.2 Å². The van der Waals surface area contributed by atoms with Gasteiger partial charge in [-0.3, -0.25) is 4.39 Å². The summed E-state index contributed by atoms with van der Waals surface area (Å²) in [6.45, 7) is -0.730. The SMILES string of the molecule is N[C@@H](CCF)c1c(F)ccc(Cl)c1F. The molecule has 0 aliphatic carbocycles. The van der Waals surface area contributed by atoms with Gasteiger partial charge in [0, 0.05) is 11.6 Å². The van der Waals surface area contributed by atoms with Crippen molar-refractivity contribution in [3.05, 3.63) is 34.4 Å². The summed E-state index contributed by atoms with van der Waals surface area (Å²) >= 11 is 5.44. The second-order valence-corrected chi connectivity index (χ2v) is 3.25. The number of rotatable bonds is 3. The standard InChI is InChI=1S/C9H9ClF3N/c10-5-1-2-6(12)8(9(5)13)7(14)3-4-11/h1-2,7H,3-4,14H2/t7-/m0/s1. The Hall–Kier alpha value is -0.740. The van der Waals surface area contributed by atoms with E-state index in [2.05, 4.69) is 0 Å². The predicted octanol–water partition coefficient (Wildman–Crippen LogP) is 2.98. The van der Waals surface area contributed by atoms with Crippen molar-refractivity contribution in [3.63, 3.8) is 0 Å². The van der Waals surface area contributed by atoms with Gasteiger partial charge in [-0.05, 0) is 18.6 Å². The summed E-state index contributed by atoms with van der Waals surface area (Å²) in [5.74, 6) is -1.71. The first-order valence-corrected chi connectivity index (χ1v) is 4.40. The van der Waals surface area contributed by atoms with Crippen molar-refractivity contribution in [2.75, 3.05) is 6.67 Å².